The first-order chi connectivity index (χ1) is 10.5. The standard InChI is InChI=1S/C11H15B.C10H18/c1-3-7-11(8-4-1)12-9-5-2-6-10-12;1-9(2)8-4-6-10(9,3)7-5-8/h1,3-4,7-8H,2,5-6,9-10H2;8H,4-7H2,1-3H3. The van der Waals surface area contributed by atoms with Gasteiger partial charge in [-0.1, -0.05) is 88.5 Å². The maximum absolute atomic E-state index is 2.49. The largest absolute Gasteiger partial charge is 0.175 e. The van der Waals surface area contributed by atoms with Gasteiger partial charge in [0.1, 0.15) is 0 Å². The van der Waals surface area contributed by atoms with Crippen LogP contribution in [0.15, 0.2) is 30.3 Å². The van der Waals surface area contributed by atoms with Crippen LogP contribution in [0.4, 0.5) is 0 Å². The molecule has 1 aromatic rings. The molecular weight excluding hydrogens is 263 g/mol. The fourth-order valence-electron chi connectivity index (χ4n) is 5.27. The van der Waals surface area contributed by atoms with Crippen molar-refractivity contribution < 1.29 is 0 Å². The van der Waals surface area contributed by atoms with Gasteiger partial charge in [0, 0.05) is 0 Å². The summed E-state index contributed by atoms with van der Waals surface area (Å²) in [5, 5.41) is 0. The van der Waals surface area contributed by atoms with Crippen molar-refractivity contribution in [3.63, 3.8) is 0 Å². The first-order valence-corrected chi connectivity index (χ1v) is 9.58. The highest BCUT2D eigenvalue weighted by Crippen LogP contribution is 2.65. The minimum atomic E-state index is 0.660. The summed E-state index contributed by atoms with van der Waals surface area (Å²) in [6.07, 6.45) is 13.1. The van der Waals surface area contributed by atoms with Crippen LogP contribution in [-0.2, 0) is 0 Å². The van der Waals surface area contributed by atoms with Crippen molar-refractivity contribution in [3.8, 4) is 0 Å². The minimum absolute atomic E-state index is 0.660. The fourth-order valence-corrected chi connectivity index (χ4v) is 5.27. The molecule has 2 aliphatic carbocycles. The zero-order valence-corrected chi connectivity index (χ0v) is 14.9. The second-order valence-corrected chi connectivity index (χ2v) is 8.80. The summed E-state index contributed by atoms with van der Waals surface area (Å²) in [5.41, 5.74) is 2.92. The van der Waals surface area contributed by atoms with E-state index in [9.17, 15) is 0 Å². The summed E-state index contributed by atoms with van der Waals surface area (Å²) in [5.74, 6) is 1.05. The van der Waals surface area contributed by atoms with E-state index in [1.165, 1.54) is 57.6 Å². The Morgan fingerprint density at radius 1 is 0.864 bits per heavy atom. The van der Waals surface area contributed by atoms with Crippen LogP contribution in [0.1, 0.15) is 65.7 Å². The summed E-state index contributed by atoms with van der Waals surface area (Å²) >= 11 is 0. The first kappa shape index (κ1) is 16.2. The molecule has 1 heteroatoms. The zero-order valence-electron chi connectivity index (χ0n) is 14.9. The van der Waals surface area contributed by atoms with Gasteiger partial charge in [-0.05, 0) is 42.4 Å². The van der Waals surface area contributed by atoms with Crippen molar-refractivity contribution in [1.82, 2.24) is 0 Å². The molecule has 0 unspecified atom stereocenters. The Morgan fingerprint density at radius 3 is 1.86 bits per heavy atom. The molecule has 0 amide bonds. The highest BCUT2D eigenvalue weighted by Gasteiger charge is 2.55. The van der Waals surface area contributed by atoms with Gasteiger partial charge < -0.3 is 0 Å². The normalized spacial score (nSPS) is 32.5. The quantitative estimate of drug-likeness (QED) is 0.575. The third-order valence-corrected chi connectivity index (χ3v) is 7.54. The van der Waals surface area contributed by atoms with Crippen LogP contribution in [0, 0.1) is 16.7 Å². The lowest BCUT2D eigenvalue weighted by atomic mass is 9.38. The van der Waals surface area contributed by atoms with Crippen LogP contribution >= 0.6 is 0 Å². The third kappa shape index (κ3) is 3.01. The van der Waals surface area contributed by atoms with Crippen molar-refractivity contribution in [2.24, 2.45) is 16.7 Å². The molecule has 0 spiro atoms. The van der Waals surface area contributed by atoms with Gasteiger partial charge in [-0.25, -0.2) is 0 Å². The predicted molar refractivity (Wildman–Crippen MR) is 99.1 cm³/mol. The molecule has 0 nitrogen and oxygen atoms in total. The van der Waals surface area contributed by atoms with Gasteiger partial charge in [0.2, 0.25) is 0 Å². The highest BCUT2D eigenvalue weighted by molar-refractivity contribution is 6.73. The molecule has 0 atom stereocenters. The van der Waals surface area contributed by atoms with Crippen LogP contribution in [0.25, 0.3) is 0 Å². The molecule has 2 saturated carbocycles. The van der Waals surface area contributed by atoms with Gasteiger partial charge in [0.15, 0.2) is 6.71 Å². The zero-order chi connectivity index (χ0) is 15.6. The maximum atomic E-state index is 2.49. The third-order valence-electron chi connectivity index (χ3n) is 7.54. The molecule has 120 valence electrons. The lowest BCUT2D eigenvalue weighted by Gasteiger charge is -2.34. The maximum Gasteiger partial charge on any atom is 0.175 e. The molecular formula is C21H33B. The number of benzene rings is 1. The van der Waals surface area contributed by atoms with E-state index in [0.29, 0.717) is 10.8 Å². The lowest BCUT2D eigenvalue weighted by Crippen LogP contribution is -2.31. The van der Waals surface area contributed by atoms with E-state index in [1.807, 2.05) is 0 Å². The van der Waals surface area contributed by atoms with Crippen LogP contribution in [-0.4, -0.2) is 6.71 Å². The summed E-state index contributed by atoms with van der Waals surface area (Å²) in [4.78, 5) is 0. The topological polar surface area (TPSA) is 0 Å². The molecule has 2 bridgehead atoms. The van der Waals surface area contributed by atoms with E-state index in [-0.39, 0.29) is 0 Å². The van der Waals surface area contributed by atoms with Crippen LogP contribution < -0.4 is 5.46 Å². The lowest BCUT2D eigenvalue weighted by molar-refractivity contribution is 0.152. The number of fused-ring (bicyclic) bond motifs is 2. The molecule has 1 saturated heterocycles. The highest BCUT2D eigenvalue weighted by atomic mass is 14.6. The molecule has 22 heavy (non-hydrogen) atoms. The minimum Gasteiger partial charge on any atom is -0.0801 e. The Balaban J connectivity index is 0.000000133. The monoisotopic (exact) mass is 296 g/mol. The average molecular weight is 296 g/mol. The molecule has 0 radical (unpaired) electrons. The molecule has 1 aliphatic heterocycles. The van der Waals surface area contributed by atoms with E-state index in [2.05, 4.69) is 51.1 Å². The van der Waals surface area contributed by atoms with E-state index < -0.39 is 0 Å². The van der Waals surface area contributed by atoms with Gasteiger partial charge in [0.25, 0.3) is 0 Å². The smallest absolute Gasteiger partial charge is 0.0801 e. The molecule has 3 aliphatic rings. The van der Waals surface area contributed by atoms with Crippen molar-refractivity contribution >= 4 is 12.2 Å². The van der Waals surface area contributed by atoms with Gasteiger partial charge in [0.05, 0.1) is 0 Å². The number of hydrogen-bond acceptors (Lipinski definition) is 0. The summed E-state index contributed by atoms with van der Waals surface area (Å²) in [6, 6.07) is 11.0. The predicted octanol–water partition coefficient (Wildman–Crippen LogP) is 5.80. The Bertz CT molecular complexity index is 459. The first-order valence-electron chi connectivity index (χ1n) is 9.58. The van der Waals surface area contributed by atoms with Gasteiger partial charge in [-0.2, -0.15) is 0 Å². The molecule has 4 rings (SSSR count). The molecule has 0 N–H and O–H groups in total. The Morgan fingerprint density at radius 2 is 1.45 bits per heavy atom. The van der Waals surface area contributed by atoms with Gasteiger partial charge in [-0.15, -0.1) is 0 Å². The van der Waals surface area contributed by atoms with E-state index >= 15 is 0 Å². The summed E-state index contributed by atoms with van der Waals surface area (Å²) < 4.78 is 0. The number of rotatable bonds is 1. The van der Waals surface area contributed by atoms with Crippen molar-refractivity contribution in [2.75, 3.05) is 0 Å². The molecule has 3 fully saturated rings. The van der Waals surface area contributed by atoms with Gasteiger partial charge >= 0.3 is 0 Å². The Hall–Kier alpha value is -0.715. The van der Waals surface area contributed by atoms with E-state index in [4.69, 9.17) is 0 Å². The summed E-state index contributed by atoms with van der Waals surface area (Å²) in [7, 11) is 0. The second-order valence-electron chi connectivity index (χ2n) is 8.80. The van der Waals surface area contributed by atoms with E-state index in [1.54, 1.807) is 5.46 Å². The molecule has 0 aromatic heterocycles. The van der Waals surface area contributed by atoms with Crippen molar-refractivity contribution in [3.05, 3.63) is 30.3 Å². The average Bonchev–Trinajstić information content (AvgIpc) is 2.92. The van der Waals surface area contributed by atoms with Crippen molar-refractivity contribution in [1.29, 1.82) is 0 Å². The second kappa shape index (κ2) is 6.42. The molecule has 1 heterocycles. The molecule has 1 aromatic carbocycles. The van der Waals surface area contributed by atoms with Crippen LogP contribution in [0.2, 0.25) is 12.6 Å². The summed E-state index contributed by atoms with van der Waals surface area (Å²) in [6.45, 7) is 8.29. The van der Waals surface area contributed by atoms with Gasteiger partial charge in [-0.3, -0.25) is 0 Å². The fraction of sp³-hybridized carbons (Fsp3) is 0.714. The van der Waals surface area contributed by atoms with Crippen LogP contribution in [0.3, 0.4) is 0 Å². The SMILES string of the molecule is CC12CCC(CC1)C2(C)C.c1ccc(B2CCCCC2)cc1. The van der Waals surface area contributed by atoms with E-state index in [0.717, 1.165) is 12.6 Å². The van der Waals surface area contributed by atoms with Crippen molar-refractivity contribution in [2.45, 2.75) is 78.4 Å². The number of hydrogen-bond donors (Lipinski definition) is 0. The Labute approximate surface area is 138 Å². The Kier molecular flexibility index (Phi) is 4.71. The van der Waals surface area contributed by atoms with Crippen LogP contribution in [0.5, 0.6) is 0 Å².